The minimum Gasteiger partial charge on any atom is -0.467 e. The predicted octanol–water partition coefficient (Wildman–Crippen LogP) is 0.324. The molecule has 150 valence electrons. The standard InChI is InChI=1S/C18H21N3O7/c22-14(20-18(26)19-8-11-4-3-7-27-11)10-28-15(23)9-21-16(24)12-5-1-2-6-13(12)17(21)25/h3-4,7,12-13H,1-2,5-6,8-10H2,(H2,19,20,22,26)/t12-,13+. The summed E-state index contributed by atoms with van der Waals surface area (Å²) in [6.45, 7) is -1.13. The number of fused-ring (bicyclic) bond motifs is 1. The molecule has 28 heavy (non-hydrogen) atoms. The highest BCUT2D eigenvalue weighted by atomic mass is 16.5. The molecule has 2 heterocycles. The number of hydrogen-bond donors (Lipinski definition) is 2. The third-order valence-corrected chi connectivity index (χ3v) is 4.84. The van der Waals surface area contributed by atoms with Crippen LogP contribution in [0.2, 0.25) is 0 Å². The van der Waals surface area contributed by atoms with E-state index in [1.807, 2.05) is 5.32 Å². The van der Waals surface area contributed by atoms with Gasteiger partial charge in [-0.2, -0.15) is 0 Å². The smallest absolute Gasteiger partial charge is 0.326 e. The Bertz CT molecular complexity index is 750. The Balaban J connectivity index is 1.39. The summed E-state index contributed by atoms with van der Waals surface area (Å²) in [5.74, 6) is -2.62. The van der Waals surface area contributed by atoms with Crippen molar-refractivity contribution in [3.63, 3.8) is 0 Å². The van der Waals surface area contributed by atoms with Crippen molar-refractivity contribution in [2.75, 3.05) is 13.2 Å². The summed E-state index contributed by atoms with van der Waals surface area (Å²) in [5.41, 5.74) is 0. The number of amides is 5. The lowest BCUT2D eigenvalue weighted by molar-refractivity contribution is -0.154. The van der Waals surface area contributed by atoms with Gasteiger partial charge in [-0.1, -0.05) is 12.8 Å². The first-order valence-corrected chi connectivity index (χ1v) is 9.06. The van der Waals surface area contributed by atoms with E-state index in [0.717, 1.165) is 17.7 Å². The highest BCUT2D eigenvalue weighted by molar-refractivity contribution is 6.07. The van der Waals surface area contributed by atoms with E-state index in [1.54, 1.807) is 12.1 Å². The number of carbonyl (C=O) groups excluding carboxylic acids is 5. The Kier molecular flexibility index (Phi) is 6.07. The molecule has 5 amide bonds. The highest BCUT2D eigenvalue weighted by Crippen LogP contribution is 2.37. The second kappa shape index (κ2) is 8.68. The molecule has 1 aliphatic heterocycles. The van der Waals surface area contributed by atoms with Gasteiger partial charge < -0.3 is 14.5 Å². The van der Waals surface area contributed by atoms with E-state index in [4.69, 9.17) is 9.15 Å². The second-order valence-electron chi connectivity index (χ2n) is 6.73. The van der Waals surface area contributed by atoms with Crippen LogP contribution in [0.1, 0.15) is 31.4 Å². The molecule has 1 saturated heterocycles. The molecule has 2 N–H and O–H groups in total. The van der Waals surface area contributed by atoms with Crippen LogP contribution in [-0.2, 0) is 30.5 Å². The van der Waals surface area contributed by atoms with Crippen molar-refractivity contribution in [3.05, 3.63) is 24.2 Å². The van der Waals surface area contributed by atoms with E-state index >= 15 is 0 Å². The number of esters is 1. The lowest BCUT2D eigenvalue weighted by atomic mass is 9.81. The molecule has 1 aromatic rings. The second-order valence-corrected chi connectivity index (χ2v) is 6.73. The number of carbonyl (C=O) groups is 5. The van der Waals surface area contributed by atoms with Gasteiger partial charge in [0.05, 0.1) is 24.6 Å². The monoisotopic (exact) mass is 391 g/mol. The molecular formula is C18H21N3O7. The lowest BCUT2D eigenvalue weighted by Crippen LogP contribution is -2.42. The van der Waals surface area contributed by atoms with Crippen LogP contribution >= 0.6 is 0 Å². The molecule has 0 unspecified atom stereocenters. The topological polar surface area (TPSA) is 135 Å². The highest BCUT2D eigenvalue weighted by Gasteiger charge is 2.48. The van der Waals surface area contributed by atoms with E-state index in [9.17, 15) is 24.0 Å². The van der Waals surface area contributed by atoms with E-state index in [1.165, 1.54) is 6.26 Å². The number of nitrogens with zero attached hydrogens (tertiary/aromatic N) is 1. The van der Waals surface area contributed by atoms with Crippen LogP contribution in [0.5, 0.6) is 0 Å². The number of rotatable bonds is 6. The average molecular weight is 391 g/mol. The van der Waals surface area contributed by atoms with E-state index in [2.05, 4.69) is 5.32 Å². The van der Waals surface area contributed by atoms with Gasteiger partial charge in [0, 0.05) is 0 Å². The van der Waals surface area contributed by atoms with Gasteiger partial charge in [-0.15, -0.1) is 0 Å². The van der Waals surface area contributed by atoms with Gasteiger partial charge in [0.2, 0.25) is 11.8 Å². The lowest BCUT2D eigenvalue weighted by Gasteiger charge is -2.19. The Hall–Kier alpha value is -3.17. The third-order valence-electron chi connectivity index (χ3n) is 4.84. The summed E-state index contributed by atoms with van der Waals surface area (Å²) in [7, 11) is 0. The van der Waals surface area contributed by atoms with Gasteiger partial charge in [-0.3, -0.25) is 29.4 Å². The molecule has 1 saturated carbocycles. The van der Waals surface area contributed by atoms with Crippen LogP contribution in [0.3, 0.4) is 0 Å². The Morgan fingerprint density at radius 1 is 1.14 bits per heavy atom. The Morgan fingerprint density at radius 2 is 1.82 bits per heavy atom. The summed E-state index contributed by atoms with van der Waals surface area (Å²) >= 11 is 0. The molecule has 10 heteroatoms. The van der Waals surface area contributed by atoms with Crippen molar-refractivity contribution >= 4 is 29.7 Å². The van der Waals surface area contributed by atoms with E-state index in [0.29, 0.717) is 18.6 Å². The molecular weight excluding hydrogens is 370 g/mol. The van der Waals surface area contributed by atoms with Gasteiger partial charge in [-0.25, -0.2) is 4.79 Å². The maximum Gasteiger partial charge on any atom is 0.326 e. The Labute approximate surface area is 160 Å². The van der Waals surface area contributed by atoms with Crippen LogP contribution in [0, 0.1) is 11.8 Å². The van der Waals surface area contributed by atoms with Crippen molar-refractivity contribution < 1.29 is 33.1 Å². The normalized spacial score (nSPS) is 21.2. The summed E-state index contributed by atoms with van der Waals surface area (Å²) < 4.78 is 9.80. The first kappa shape index (κ1) is 19.6. The predicted molar refractivity (Wildman–Crippen MR) is 92.2 cm³/mol. The molecule has 1 aromatic heterocycles. The molecule has 2 atom stereocenters. The first-order valence-electron chi connectivity index (χ1n) is 9.06. The molecule has 0 bridgehead atoms. The van der Waals surface area contributed by atoms with Gasteiger partial charge in [0.1, 0.15) is 12.3 Å². The third kappa shape index (κ3) is 4.56. The van der Waals surface area contributed by atoms with Gasteiger partial charge in [0.15, 0.2) is 6.61 Å². The number of furan rings is 1. The molecule has 2 aliphatic rings. The number of nitrogens with one attached hydrogen (secondary N) is 2. The fourth-order valence-corrected chi connectivity index (χ4v) is 3.50. The van der Waals surface area contributed by atoms with Crippen LogP contribution in [0.4, 0.5) is 4.79 Å². The summed E-state index contributed by atoms with van der Waals surface area (Å²) in [6.07, 6.45) is 4.53. The maximum absolute atomic E-state index is 12.3. The quantitative estimate of drug-likeness (QED) is 0.527. The zero-order valence-electron chi connectivity index (χ0n) is 15.1. The summed E-state index contributed by atoms with van der Waals surface area (Å²) in [5, 5.41) is 4.39. The number of ether oxygens (including phenoxy) is 1. The Morgan fingerprint density at radius 3 is 2.43 bits per heavy atom. The fraction of sp³-hybridized carbons (Fsp3) is 0.500. The van der Waals surface area contributed by atoms with Crippen LogP contribution in [0.15, 0.2) is 22.8 Å². The van der Waals surface area contributed by atoms with Crippen LogP contribution in [0.25, 0.3) is 0 Å². The van der Waals surface area contributed by atoms with Gasteiger partial charge in [0.25, 0.3) is 5.91 Å². The minimum atomic E-state index is -0.883. The summed E-state index contributed by atoms with van der Waals surface area (Å²) in [4.78, 5) is 60.7. The van der Waals surface area contributed by atoms with E-state index < -0.39 is 31.1 Å². The number of hydrogen-bond acceptors (Lipinski definition) is 7. The molecule has 0 aromatic carbocycles. The minimum absolute atomic E-state index is 0.0907. The van der Waals surface area contributed by atoms with Crippen LogP contribution < -0.4 is 10.6 Å². The first-order chi connectivity index (χ1) is 13.5. The molecule has 2 fully saturated rings. The number of imide groups is 2. The van der Waals surface area contributed by atoms with Crippen molar-refractivity contribution in [3.8, 4) is 0 Å². The van der Waals surface area contributed by atoms with Gasteiger partial charge in [-0.05, 0) is 25.0 Å². The van der Waals surface area contributed by atoms with Crippen LogP contribution in [-0.4, -0.2) is 47.8 Å². The molecule has 0 radical (unpaired) electrons. The largest absolute Gasteiger partial charge is 0.467 e. The van der Waals surface area contributed by atoms with Crippen molar-refractivity contribution in [2.45, 2.75) is 32.2 Å². The van der Waals surface area contributed by atoms with E-state index in [-0.39, 0.29) is 30.2 Å². The summed E-state index contributed by atoms with van der Waals surface area (Å²) in [6, 6.07) is 2.54. The zero-order valence-corrected chi connectivity index (χ0v) is 15.1. The van der Waals surface area contributed by atoms with Gasteiger partial charge >= 0.3 is 12.0 Å². The van der Waals surface area contributed by atoms with Crippen molar-refractivity contribution in [2.24, 2.45) is 11.8 Å². The molecule has 3 rings (SSSR count). The maximum atomic E-state index is 12.3. The van der Waals surface area contributed by atoms with Crippen molar-refractivity contribution in [1.29, 1.82) is 0 Å². The van der Waals surface area contributed by atoms with Crippen molar-refractivity contribution in [1.82, 2.24) is 15.5 Å². The SMILES string of the molecule is O=C(COC(=O)CN1C(=O)[C@H]2CCCC[C@H]2C1=O)NC(=O)NCc1ccco1. The fourth-order valence-electron chi connectivity index (χ4n) is 3.50. The molecule has 10 nitrogen and oxygen atoms in total. The molecule has 0 spiro atoms. The molecule has 1 aliphatic carbocycles. The number of likely N-dealkylation sites (tertiary alicyclic amines) is 1. The average Bonchev–Trinajstić information content (AvgIpc) is 3.28. The number of urea groups is 1. The zero-order chi connectivity index (χ0) is 20.1.